The molecule has 0 aromatic heterocycles. The lowest BCUT2D eigenvalue weighted by atomic mass is 10.0. The molecule has 1 aliphatic rings. The van der Waals surface area contributed by atoms with Gasteiger partial charge in [-0.3, -0.25) is 0 Å². The summed E-state index contributed by atoms with van der Waals surface area (Å²) in [4.78, 5) is 1.26. The van der Waals surface area contributed by atoms with E-state index in [4.69, 9.17) is 4.74 Å². The molecular weight excluding hydrogens is 254 g/mol. The molecule has 1 unspecified atom stereocenters. The van der Waals surface area contributed by atoms with Gasteiger partial charge in [-0.15, -0.1) is 24.2 Å². The number of rotatable bonds is 4. The first-order valence-corrected chi connectivity index (χ1v) is 6.85. The van der Waals surface area contributed by atoms with Crippen LogP contribution in [0.3, 0.4) is 0 Å². The Labute approximate surface area is 114 Å². The van der Waals surface area contributed by atoms with Crippen molar-refractivity contribution >= 4 is 24.2 Å². The number of piperidine rings is 1. The summed E-state index contributed by atoms with van der Waals surface area (Å²) in [7, 11) is 1.74. The Morgan fingerprint density at radius 2 is 2.24 bits per heavy atom. The molecule has 0 saturated carbocycles. The predicted molar refractivity (Wildman–Crippen MR) is 76.6 cm³/mol. The summed E-state index contributed by atoms with van der Waals surface area (Å²) in [6.45, 7) is 2.36. The number of hydrogen-bond donors (Lipinski definition) is 1. The first-order valence-electron chi connectivity index (χ1n) is 5.86. The molecule has 0 bridgehead atoms. The number of ether oxygens (including phenoxy) is 1. The Hall–Kier alpha value is -0.380. The van der Waals surface area contributed by atoms with Crippen molar-refractivity contribution in [3.63, 3.8) is 0 Å². The molecule has 1 saturated heterocycles. The SMILES string of the molecule is COc1ccccc1SCC1CCCNC1.Cl. The van der Waals surface area contributed by atoms with Gasteiger partial charge >= 0.3 is 0 Å². The quantitative estimate of drug-likeness (QED) is 0.852. The van der Waals surface area contributed by atoms with Crippen LogP contribution in [0.4, 0.5) is 0 Å². The van der Waals surface area contributed by atoms with E-state index in [-0.39, 0.29) is 12.4 Å². The van der Waals surface area contributed by atoms with Crippen LogP contribution >= 0.6 is 24.2 Å². The molecule has 2 rings (SSSR count). The first-order chi connectivity index (χ1) is 7.90. The summed E-state index contributed by atoms with van der Waals surface area (Å²) < 4.78 is 5.35. The van der Waals surface area contributed by atoms with Crippen molar-refractivity contribution in [3.8, 4) is 5.75 Å². The smallest absolute Gasteiger partial charge is 0.132 e. The number of methoxy groups -OCH3 is 1. The molecule has 1 aromatic carbocycles. The summed E-state index contributed by atoms with van der Waals surface area (Å²) in [6.07, 6.45) is 2.67. The molecule has 17 heavy (non-hydrogen) atoms. The van der Waals surface area contributed by atoms with Crippen LogP contribution in [0.1, 0.15) is 12.8 Å². The molecule has 1 aromatic rings. The van der Waals surface area contributed by atoms with Crippen LogP contribution in [0, 0.1) is 5.92 Å². The Balaban J connectivity index is 0.00000144. The number of halogens is 1. The first kappa shape index (κ1) is 14.7. The van der Waals surface area contributed by atoms with Crippen LogP contribution in [0.25, 0.3) is 0 Å². The summed E-state index contributed by atoms with van der Waals surface area (Å²) in [5.41, 5.74) is 0. The average Bonchev–Trinajstić information content (AvgIpc) is 2.38. The second kappa shape index (κ2) is 7.85. The summed E-state index contributed by atoms with van der Waals surface area (Å²) in [6, 6.07) is 8.26. The highest BCUT2D eigenvalue weighted by Crippen LogP contribution is 2.31. The van der Waals surface area contributed by atoms with Gasteiger partial charge in [-0.1, -0.05) is 12.1 Å². The lowest BCUT2D eigenvalue weighted by Gasteiger charge is -2.22. The van der Waals surface area contributed by atoms with Crippen LogP contribution < -0.4 is 10.1 Å². The van der Waals surface area contributed by atoms with Gasteiger partial charge in [0.05, 0.1) is 7.11 Å². The maximum Gasteiger partial charge on any atom is 0.132 e. The van der Waals surface area contributed by atoms with Gasteiger partial charge in [0.2, 0.25) is 0 Å². The third-order valence-electron chi connectivity index (χ3n) is 2.94. The second-order valence-electron chi connectivity index (χ2n) is 4.17. The summed E-state index contributed by atoms with van der Waals surface area (Å²) in [5.74, 6) is 2.99. The molecule has 0 aliphatic carbocycles. The number of thioether (sulfide) groups is 1. The van der Waals surface area contributed by atoms with Crippen molar-refractivity contribution in [2.75, 3.05) is 26.0 Å². The van der Waals surface area contributed by atoms with E-state index in [2.05, 4.69) is 17.4 Å². The van der Waals surface area contributed by atoms with E-state index in [0.29, 0.717) is 0 Å². The van der Waals surface area contributed by atoms with Crippen molar-refractivity contribution in [1.29, 1.82) is 0 Å². The van der Waals surface area contributed by atoms with Gasteiger partial charge in [0, 0.05) is 10.6 Å². The molecule has 1 aliphatic heterocycles. The molecule has 1 atom stereocenters. The monoisotopic (exact) mass is 273 g/mol. The number of hydrogen-bond acceptors (Lipinski definition) is 3. The Morgan fingerprint density at radius 1 is 1.41 bits per heavy atom. The molecule has 0 amide bonds. The molecule has 96 valence electrons. The van der Waals surface area contributed by atoms with E-state index in [1.807, 2.05) is 23.9 Å². The van der Waals surface area contributed by atoms with Crippen LogP contribution in [-0.4, -0.2) is 26.0 Å². The summed E-state index contributed by atoms with van der Waals surface area (Å²) >= 11 is 1.91. The molecule has 2 nitrogen and oxygen atoms in total. The molecule has 0 spiro atoms. The maximum atomic E-state index is 5.35. The topological polar surface area (TPSA) is 21.3 Å². The third kappa shape index (κ3) is 4.41. The largest absolute Gasteiger partial charge is 0.496 e. The van der Waals surface area contributed by atoms with Crippen LogP contribution in [-0.2, 0) is 0 Å². The molecule has 0 radical (unpaired) electrons. The van der Waals surface area contributed by atoms with E-state index in [1.54, 1.807) is 7.11 Å². The minimum Gasteiger partial charge on any atom is -0.496 e. The molecular formula is C13H20ClNOS. The van der Waals surface area contributed by atoms with Crippen LogP contribution in [0.2, 0.25) is 0 Å². The highest BCUT2D eigenvalue weighted by Gasteiger charge is 2.13. The number of para-hydroxylation sites is 1. The van der Waals surface area contributed by atoms with Crippen molar-refractivity contribution in [2.45, 2.75) is 17.7 Å². The van der Waals surface area contributed by atoms with Gasteiger partial charge < -0.3 is 10.1 Å². The zero-order valence-electron chi connectivity index (χ0n) is 10.1. The standard InChI is InChI=1S/C13H19NOS.ClH/c1-15-12-6-2-3-7-13(12)16-10-11-5-4-8-14-9-11;/h2-3,6-7,11,14H,4-5,8-10H2,1H3;1H. The molecule has 4 heteroatoms. The van der Waals surface area contributed by atoms with Crippen molar-refractivity contribution in [2.24, 2.45) is 5.92 Å². The van der Waals surface area contributed by atoms with Gasteiger partial charge in [0.1, 0.15) is 5.75 Å². The minimum atomic E-state index is 0. The highest BCUT2D eigenvalue weighted by atomic mass is 35.5. The summed E-state index contributed by atoms with van der Waals surface area (Å²) in [5, 5.41) is 3.46. The van der Waals surface area contributed by atoms with E-state index < -0.39 is 0 Å². The zero-order chi connectivity index (χ0) is 11.2. The molecule has 1 fully saturated rings. The van der Waals surface area contributed by atoms with Gasteiger partial charge in [-0.2, -0.15) is 0 Å². The Kier molecular flexibility index (Phi) is 6.78. The van der Waals surface area contributed by atoms with Gasteiger partial charge in [0.25, 0.3) is 0 Å². The second-order valence-corrected chi connectivity index (χ2v) is 5.24. The lowest BCUT2D eigenvalue weighted by molar-refractivity contribution is 0.402. The van der Waals surface area contributed by atoms with Gasteiger partial charge in [-0.25, -0.2) is 0 Å². The fraction of sp³-hybridized carbons (Fsp3) is 0.538. The number of benzene rings is 1. The van der Waals surface area contributed by atoms with E-state index >= 15 is 0 Å². The Bertz CT molecular complexity index is 329. The minimum absolute atomic E-state index is 0. The van der Waals surface area contributed by atoms with E-state index in [0.717, 1.165) is 11.7 Å². The predicted octanol–water partition coefficient (Wildman–Crippen LogP) is 3.21. The van der Waals surface area contributed by atoms with Crippen molar-refractivity contribution in [1.82, 2.24) is 5.32 Å². The maximum absolute atomic E-state index is 5.35. The normalized spacial score (nSPS) is 19.5. The molecule has 1 N–H and O–H groups in total. The third-order valence-corrected chi connectivity index (χ3v) is 4.23. The van der Waals surface area contributed by atoms with Crippen LogP contribution in [0.15, 0.2) is 29.2 Å². The fourth-order valence-corrected chi connectivity index (χ4v) is 3.18. The van der Waals surface area contributed by atoms with E-state index in [9.17, 15) is 0 Å². The fourth-order valence-electron chi connectivity index (χ4n) is 2.01. The zero-order valence-corrected chi connectivity index (χ0v) is 11.8. The lowest BCUT2D eigenvalue weighted by Crippen LogP contribution is -2.30. The van der Waals surface area contributed by atoms with E-state index in [1.165, 1.54) is 36.6 Å². The molecule has 1 heterocycles. The highest BCUT2D eigenvalue weighted by molar-refractivity contribution is 7.99. The van der Waals surface area contributed by atoms with Gasteiger partial charge in [-0.05, 0) is 44.0 Å². The average molecular weight is 274 g/mol. The van der Waals surface area contributed by atoms with Gasteiger partial charge in [0.15, 0.2) is 0 Å². The Morgan fingerprint density at radius 3 is 2.94 bits per heavy atom. The van der Waals surface area contributed by atoms with Crippen molar-refractivity contribution < 1.29 is 4.74 Å². The van der Waals surface area contributed by atoms with Crippen LogP contribution in [0.5, 0.6) is 5.75 Å². The van der Waals surface area contributed by atoms with Crippen molar-refractivity contribution in [3.05, 3.63) is 24.3 Å². The number of nitrogens with one attached hydrogen (secondary N) is 1.